The standard InChI is InChI=1S/C19H20ClN3O2.ClH/c1-2-11-22-17-5-3-4-6-18(17)23(19(22)21)12-15(24)13-25-16-9-7-14(20)8-10-16;/h2-10,15,21,24H,1,11-13H2;1H. The molecule has 1 aromatic heterocycles. The van der Waals surface area contributed by atoms with Gasteiger partial charge in [-0.05, 0) is 36.4 Å². The highest BCUT2D eigenvalue weighted by atomic mass is 35.5. The molecule has 1 unspecified atom stereocenters. The van der Waals surface area contributed by atoms with Crippen LogP contribution in [0.3, 0.4) is 0 Å². The average molecular weight is 394 g/mol. The zero-order valence-electron chi connectivity index (χ0n) is 14.1. The largest absolute Gasteiger partial charge is 0.491 e. The molecule has 0 spiro atoms. The lowest BCUT2D eigenvalue weighted by atomic mass is 10.3. The monoisotopic (exact) mass is 393 g/mol. The second-order valence-electron chi connectivity index (χ2n) is 5.74. The number of aromatic nitrogens is 2. The third-order valence-electron chi connectivity index (χ3n) is 3.94. The van der Waals surface area contributed by atoms with Gasteiger partial charge >= 0.3 is 0 Å². The van der Waals surface area contributed by atoms with Crippen LogP contribution in [0.15, 0.2) is 61.2 Å². The molecule has 2 N–H and O–H groups in total. The van der Waals surface area contributed by atoms with Crippen molar-refractivity contribution in [3.63, 3.8) is 0 Å². The quantitative estimate of drug-likeness (QED) is 0.602. The lowest BCUT2D eigenvalue weighted by Crippen LogP contribution is -2.31. The predicted molar refractivity (Wildman–Crippen MR) is 106 cm³/mol. The average Bonchev–Trinajstić information content (AvgIpc) is 2.88. The molecule has 1 heterocycles. The second kappa shape index (κ2) is 8.94. The van der Waals surface area contributed by atoms with E-state index in [-0.39, 0.29) is 25.6 Å². The van der Waals surface area contributed by atoms with Crippen molar-refractivity contribution in [1.82, 2.24) is 9.13 Å². The van der Waals surface area contributed by atoms with Crippen LogP contribution in [0.1, 0.15) is 0 Å². The zero-order valence-corrected chi connectivity index (χ0v) is 15.7. The van der Waals surface area contributed by atoms with Crippen LogP contribution in [0.4, 0.5) is 0 Å². The lowest BCUT2D eigenvalue weighted by Gasteiger charge is -2.13. The van der Waals surface area contributed by atoms with Gasteiger partial charge in [0.05, 0.1) is 17.6 Å². The van der Waals surface area contributed by atoms with Gasteiger partial charge in [-0.3, -0.25) is 5.41 Å². The molecule has 7 heteroatoms. The van der Waals surface area contributed by atoms with Crippen molar-refractivity contribution in [2.24, 2.45) is 0 Å². The van der Waals surface area contributed by atoms with Crippen molar-refractivity contribution in [1.29, 1.82) is 5.41 Å². The number of nitrogens with one attached hydrogen (secondary N) is 1. The van der Waals surface area contributed by atoms with Gasteiger partial charge in [0.25, 0.3) is 0 Å². The van der Waals surface area contributed by atoms with Crippen LogP contribution in [0.2, 0.25) is 5.02 Å². The number of rotatable bonds is 7. The normalized spacial score (nSPS) is 11.8. The number of aliphatic hydroxyl groups is 1. The predicted octanol–water partition coefficient (Wildman–Crippen LogP) is 3.62. The molecule has 0 aliphatic heterocycles. The molecule has 2 aromatic carbocycles. The fraction of sp³-hybridized carbons (Fsp3) is 0.211. The highest BCUT2D eigenvalue weighted by Crippen LogP contribution is 2.16. The Morgan fingerprint density at radius 3 is 2.35 bits per heavy atom. The minimum atomic E-state index is -0.743. The van der Waals surface area contributed by atoms with Gasteiger partial charge in [-0.2, -0.15) is 0 Å². The molecule has 0 amide bonds. The third-order valence-corrected chi connectivity index (χ3v) is 4.19. The first kappa shape index (κ1) is 20.1. The van der Waals surface area contributed by atoms with E-state index in [1.54, 1.807) is 34.9 Å². The summed E-state index contributed by atoms with van der Waals surface area (Å²) in [6.45, 7) is 4.71. The number of hydrogen-bond acceptors (Lipinski definition) is 3. The van der Waals surface area contributed by atoms with Gasteiger partial charge in [0.1, 0.15) is 18.5 Å². The fourth-order valence-corrected chi connectivity index (χ4v) is 2.91. The summed E-state index contributed by atoms with van der Waals surface area (Å²) in [7, 11) is 0. The molecule has 5 nitrogen and oxygen atoms in total. The number of aliphatic hydroxyl groups excluding tert-OH is 1. The second-order valence-corrected chi connectivity index (χ2v) is 6.18. The molecule has 138 valence electrons. The van der Waals surface area contributed by atoms with E-state index in [4.69, 9.17) is 21.7 Å². The molecule has 0 fully saturated rings. The number of ether oxygens (including phenoxy) is 1. The van der Waals surface area contributed by atoms with Crippen LogP contribution in [-0.4, -0.2) is 27.0 Å². The molecule has 1 atom stereocenters. The number of nitrogens with zero attached hydrogens (tertiary/aromatic N) is 2. The fourth-order valence-electron chi connectivity index (χ4n) is 2.78. The Morgan fingerprint density at radius 2 is 1.73 bits per heavy atom. The third kappa shape index (κ3) is 4.30. The summed E-state index contributed by atoms with van der Waals surface area (Å²) in [6, 6.07) is 14.8. The molecule has 26 heavy (non-hydrogen) atoms. The Labute approximate surface area is 163 Å². The Kier molecular flexibility index (Phi) is 6.91. The van der Waals surface area contributed by atoms with E-state index >= 15 is 0 Å². The van der Waals surface area contributed by atoms with Crippen LogP contribution in [0.25, 0.3) is 11.0 Å². The molecular formula is C19H21Cl2N3O2. The first-order chi connectivity index (χ1) is 12.1. The summed E-state index contributed by atoms with van der Waals surface area (Å²) in [5.74, 6) is 0.647. The molecule has 0 saturated heterocycles. The minimum Gasteiger partial charge on any atom is -0.491 e. The molecule has 0 bridgehead atoms. The van der Waals surface area contributed by atoms with E-state index in [0.29, 0.717) is 22.9 Å². The first-order valence-corrected chi connectivity index (χ1v) is 8.38. The number of hydrogen-bond donors (Lipinski definition) is 2. The summed E-state index contributed by atoms with van der Waals surface area (Å²) in [6.07, 6.45) is 1.02. The minimum absolute atomic E-state index is 0. The maximum absolute atomic E-state index is 10.4. The topological polar surface area (TPSA) is 63.2 Å². The van der Waals surface area contributed by atoms with E-state index in [1.165, 1.54) is 0 Å². The van der Waals surface area contributed by atoms with Gasteiger partial charge in [-0.1, -0.05) is 29.8 Å². The number of fused-ring (bicyclic) bond motifs is 1. The summed E-state index contributed by atoms with van der Waals surface area (Å²) >= 11 is 5.84. The van der Waals surface area contributed by atoms with Crippen LogP contribution in [-0.2, 0) is 13.1 Å². The van der Waals surface area contributed by atoms with E-state index in [9.17, 15) is 5.11 Å². The highest BCUT2D eigenvalue weighted by molar-refractivity contribution is 6.30. The smallest absolute Gasteiger partial charge is 0.203 e. The summed E-state index contributed by atoms with van der Waals surface area (Å²) in [5.41, 5.74) is 2.17. The van der Waals surface area contributed by atoms with E-state index in [2.05, 4.69) is 6.58 Å². The molecular weight excluding hydrogens is 373 g/mol. The molecule has 3 aromatic rings. The van der Waals surface area contributed by atoms with Gasteiger partial charge in [0.2, 0.25) is 5.62 Å². The SMILES string of the molecule is C=CCn1c(=N)n(CC(O)COc2ccc(Cl)cc2)c2ccccc21.Cl. The number of benzene rings is 2. The van der Waals surface area contributed by atoms with Crippen LogP contribution < -0.4 is 10.4 Å². The number of halogens is 2. The molecule has 0 aliphatic carbocycles. The van der Waals surface area contributed by atoms with Crippen molar-refractivity contribution in [2.75, 3.05) is 6.61 Å². The van der Waals surface area contributed by atoms with Crippen molar-refractivity contribution in [3.05, 3.63) is 71.8 Å². The van der Waals surface area contributed by atoms with Crippen molar-refractivity contribution >= 4 is 35.0 Å². The maximum Gasteiger partial charge on any atom is 0.203 e. The van der Waals surface area contributed by atoms with Gasteiger partial charge in [0, 0.05) is 11.6 Å². The van der Waals surface area contributed by atoms with Crippen LogP contribution in [0.5, 0.6) is 5.75 Å². The van der Waals surface area contributed by atoms with E-state index in [0.717, 1.165) is 11.0 Å². The van der Waals surface area contributed by atoms with Crippen molar-refractivity contribution in [3.8, 4) is 5.75 Å². The van der Waals surface area contributed by atoms with E-state index in [1.807, 2.05) is 28.8 Å². The molecule has 0 aliphatic rings. The molecule has 0 saturated carbocycles. The maximum atomic E-state index is 10.4. The van der Waals surface area contributed by atoms with Gasteiger partial charge in [0.15, 0.2) is 0 Å². The van der Waals surface area contributed by atoms with Gasteiger partial charge < -0.3 is 19.0 Å². The van der Waals surface area contributed by atoms with Gasteiger partial charge in [-0.15, -0.1) is 19.0 Å². The lowest BCUT2D eigenvalue weighted by molar-refractivity contribution is 0.0921. The van der Waals surface area contributed by atoms with Crippen molar-refractivity contribution in [2.45, 2.75) is 19.2 Å². The first-order valence-electron chi connectivity index (χ1n) is 8.00. The van der Waals surface area contributed by atoms with Crippen LogP contribution >= 0.6 is 24.0 Å². The van der Waals surface area contributed by atoms with E-state index < -0.39 is 6.10 Å². The molecule has 3 rings (SSSR count). The number of allylic oxidation sites excluding steroid dienone is 1. The van der Waals surface area contributed by atoms with Crippen molar-refractivity contribution < 1.29 is 9.84 Å². The zero-order chi connectivity index (χ0) is 17.8. The Bertz CT molecular complexity index is 932. The number of para-hydroxylation sites is 2. The number of imidazole rings is 1. The highest BCUT2D eigenvalue weighted by Gasteiger charge is 2.14. The molecule has 0 radical (unpaired) electrons. The Morgan fingerprint density at radius 1 is 1.12 bits per heavy atom. The Hall–Kier alpha value is -2.21. The summed E-state index contributed by atoms with van der Waals surface area (Å²) in [5, 5.41) is 19.4. The summed E-state index contributed by atoms with van der Waals surface area (Å²) < 4.78 is 9.24. The Balaban J connectivity index is 0.00000243. The van der Waals surface area contributed by atoms with Gasteiger partial charge in [-0.25, -0.2) is 0 Å². The van der Waals surface area contributed by atoms with Crippen LogP contribution in [0, 0.1) is 5.41 Å². The summed E-state index contributed by atoms with van der Waals surface area (Å²) in [4.78, 5) is 0.